The highest BCUT2D eigenvalue weighted by molar-refractivity contribution is 6.40. The summed E-state index contributed by atoms with van der Waals surface area (Å²) in [7, 11) is 0. The SMILES string of the molecule is CC(O)CCC(=O)C(=O)Nc1cccc(C(F)(F)F)c1. The quantitative estimate of drug-likeness (QED) is 0.818. The Bertz CT molecular complexity index is 498. The number of aliphatic hydroxyl groups is 1. The number of carbonyl (C=O) groups is 2. The van der Waals surface area contributed by atoms with Gasteiger partial charge >= 0.3 is 6.18 Å². The summed E-state index contributed by atoms with van der Waals surface area (Å²) < 4.78 is 37.4. The van der Waals surface area contributed by atoms with Gasteiger partial charge in [-0.25, -0.2) is 0 Å². The van der Waals surface area contributed by atoms with Crippen LogP contribution in [-0.4, -0.2) is 22.9 Å². The van der Waals surface area contributed by atoms with Gasteiger partial charge in [0, 0.05) is 12.1 Å². The Morgan fingerprint density at radius 3 is 2.55 bits per heavy atom. The van der Waals surface area contributed by atoms with E-state index in [1.54, 1.807) is 0 Å². The molecular formula is C13H14F3NO3. The van der Waals surface area contributed by atoms with E-state index in [0.29, 0.717) is 0 Å². The molecule has 1 aromatic carbocycles. The molecule has 0 aliphatic rings. The van der Waals surface area contributed by atoms with Crippen LogP contribution in [0.1, 0.15) is 25.3 Å². The van der Waals surface area contributed by atoms with Gasteiger partial charge in [-0.1, -0.05) is 6.07 Å². The van der Waals surface area contributed by atoms with Crippen LogP contribution in [0.25, 0.3) is 0 Å². The molecule has 0 spiro atoms. The number of hydrogen-bond acceptors (Lipinski definition) is 3. The third-order valence-electron chi connectivity index (χ3n) is 2.49. The number of benzene rings is 1. The Labute approximate surface area is 113 Å². The topological polar surface area (TPSA) is 66.4 Å². The first kappa shape index (κ1) is 16.2. The summed E-state index contributed by atoms with van der Waals surface area (Å²) >= 11 is 0. The lowest BCUT2D eigenvalue weighted by molar-refractivity contribution is -0.137. The lowest BCUT2D eigenvalue weighted by Crippen LogP contribution is -2.23. The van der Waals surface area contributed by atoms with Crippen molar-refractivity contribution in [3.8, 4) is 0 Å². The van der Waals surface area contributed by atoms with Gasteiger partial charge in [0.25, 0.3) is 5.91 Å². The van der Waals surface area contributed by atoms with E-state index in [4.69, 9.17) is 5.11 Å². The van der Waals surface area contributed by atoms with Gasteiger partial charge in [0.1, 0.15) is 0 Å². The maximum absolute atomic E-state index is 12.5. The molecule has 110 valence electrons. The van der Waals surface area contributed by atoms with E-state index in [-0.39, 0.29) is 18.5 Å². The Balaban J connectivity index is 2.69. The van der Waals surface area contributed by atoms with Crippen molar-refractivity contribution >= 4 is 17.4 Å². The van der Waals surface area contributed by atoms with Crippen molar-refractivity contribution in [1.82, 2.24) is 0 Å². The zero-order valence-corrected chi connectivity index (χ0v) is 10.7. The van der Waals surface area contributed by atoms with Gasteiger partial charge in [0.2, 0.25) is 5.78 Å². The number of rotatable bonds is 5. The minimum atomic E-state index is -4.52. The first-order chi connectivity index (χ1) is 9.20. The molecule has 1 aromatic rings. The summed E-state index contributed by atoms with van der Waals surface area (Å²) in [6, 6.07) is 4.01. The Kier molecular flexibility index (Phi) is 5.26. The molecule has 0 aromatic heterocycles. The van der Waals surface area contributed by atoms with Gasteiger partial charge in [0.05, 0.1) is 11.7 Å². The Hall–Kier alpha value is -1.89. The molecule has 0 saturated heterocycles. The van der Waals surface area contributed by atoms with Gasteiger partial charge in [0.15, 0.2) is 0 Å². The Morgan fingerprint density at radius 1 is 1.35 bits per heavy atom. The summed E-state index contributed by atoms with van der Waals surface area (Å²) in [4.78, 5) is 22.9. The van der Waals surface area contributed by atoms with Crippen LogP contribution in [-0.2, 0) is 15.8 Å². The van der Waals surface area contributed by atoms with Crippen LogP contribution in [0, 0.1) is 0 Å². The normalized spacial score (nSPS) is 12.8. The minimum Gasteiger partial charge on any atom is -0.393 e. The van der Waals surface area contributed by atoms with E-state index < -0.39 is 29.5 Å². The van der Waals surface area contributed by atoms with Crippen LogP contribution >= 0.6 is 0 Å². The maximum Gasteiger partial charge on any atom is 0.416 e. The predicted molar refractivity (Wildman–Crippen MR) is 66.0 cm³/mol. The standard InChI is InChI=1S/C13H14F3NO3/c1-8(18)5-6-11(19)12(20)17-10-4-2-3-9(7-10)13(14,15)16/h2-4,7-8,18H,5-6H2,1H3,(H,17,20). The number of hydrogen-bond donors (Lipinski definition) is 2. The van der Waals surface area contributed by atoms with E-state index in [1.165, 1.54) is 13.0 Å². The number of anilines is 1. The van der Waals surface area contributed by atoms with E-state index in [9.17, 15) is 22.8 Å². The molecular weight excluding hydrogens is 275 g/mol. The average Bonchev–Trinajstić information content (AvgIpc) is 2.35. The number of nitrogens with one attached hydrogen (secondary N) is 1. The fourth-order valence-electron chi connectivity index (χ4n) is 1.43. The summed E-state index contributed by atoms with van der Waals surface area (Å²) in [6.45, 7) is 1.47. The van der Waals surface area contributed by atoms with Crippen molar-refractivity contribution in [3.05, 3.63) is 29.8 Å². The summed E-state index contributed by atoms with van der Waals surface area (Å²) in [5, 5.41) is 11.1. The van der Waals surface area contributed by atoms with Crippen LogP contribution < -0.4 is 5.32 Å². The number of alkyl halides is 3. The molecule has 0 fully saturated rings. The monoisotopic (exact) mass is 289 g/mol. The van der Waals surface area contributed by atoms with Crippen LogP contribution in [0.4, 0.5) is 18.9 Å². The molecule has 2 N–H and O–H groups in total. The summed E-state index contributed by atoms with van der Waals surface area (Å²) in [5.41, 5.74) is -1.01. The van der Waals surface area contributed by atoms with Gasteiger partial charge in [-0.3, -0.25) is 9.59 Å². The highest BCUT2D eigenvalue weighted by atomic mass is 19.4. The second-order valence-electron chi connectivity index (χ2n) is 4.34. The molecule has 0 saturated carbocycles. The molecule has 4 nitrogen and oxygen atoms in total. The zero-order valence-electron chi connectivity index (χ0n) is 10.7. The molecule has 0 aliphatic carbocycles. The van der Waals surface area contributed by atoms with E-state index in [2.05, 4.69) is 5.32 Å². The molecule has 1 atom stereocenters. The maximum atomic E-state index is 12.5. The molecule has 0 radical (unpaired) electrons. The molecule has 0 aliphatic heterocycles. The average molecular weight is 289 g/mol. The van der Waals surface area contributed by atoms with E-state index >= 15 is 0 Å². The van der Waals surface area contributed by atoms with Crippen molar-refractivity contribution in [2.24, 2.45) is 0 Å². The van der Waals surface area contributed by atoms with Gasteiger partial charge in [-0.15, -0.1) is 0 Å². The fraction of sp³-hybridized carbons (Fsp3) is 0.385. The fourth-order valence-corrected chi connectivity index (χ4v) is 1.43. The molecule has 1 amide bonds. The highest BCUT2D eigenvalue weighted by Gasteiger charge is 2.30. The van der Waals surface area contributed by atoms with Gasteiger partial charge < -0.3 is 10.4 Å². The highest BCUT2D eigenvalue weighted by Crippen LogP contribution is 2.30. The lowest BCUT2D eigenvalue weighted by atomic mass is 10.1. The van der Waals surface area contributed by atoms with Crippen molar-refractivity contribution in [3.63, 3.8) is 0 Å². The van der Waals surface area contributed by atoms with Crippen LogP contribution in [0.5, 0.6) is 0 Å². The largest absolute Gasteiger partial charge is 0.416 e. The first-order valence-electron chi connectivity index (χ1n) is 5.89. The molecule has 1 unspecified atom stereocenters. The van der Waals surface area contributed by atoms with Crippen LogP contribution in [0.2, 0.25) is 0 Å². The number of ketones is 1. The molecule has 0 heterocycles. The van der Waals surface area contributed by atoms with E-state index in [1.807, 2.05) is 0 Å². The third-order valence-corrected chi connectivity index (χ3v) is 2.49. The second-order valence-corrected chi connectivity index (χ2v) is 4.34. The van der Waals surface area contributed by atoms with E-state index in [0.717, 1.165) is 18.2 Å². The Morgan fingerprint density at radius 2 is 2.00 bits per heavy atom. The number of amides is 1. The number of halogens is 3. The summed E-state index contributed by atoms with van der Waals surface area (Å²) in [5.74, 6) is -1.78. The molecule has 20 heavy (non-hydrogen) atoms. The van der Waals surface area contributed by atoms with Crippen molar-refractivity contribution in [2.45, 2.75) is 32.0 Å². The lowest BCUT2D eigenvalue weighted by Gasteiger charge is -2.09. The number of aliphatic hydroxyl groups excluding tert-OH is 1. The minimum absolute atomic E-state index is 0.102. The number of Topliss-reactive ketones (excluding diaryl/α,β-unsaturated/α-hetero) is 1. The van der Waals surface area contributed by atoms with Crippen LogP contribution in [0.3, 0.4) is 0 Å². The molecule has 7 heteroatoms. The second kappa shape index (κ2) is 6.51. The van der Waals surface area contributed by atoms with Gasteiger partial charge in [-0.2, -0.15) is 13.2 Å². The number of carbonyl (C=O) groups excluding carboxylic acids is 2. The third kappa shape index (κ3) is 5.00. The van der Waals surface area contributed by atoms with Crippen molar-refractivity contribution in [2.75, 3.05) is 5.32 Å². The molecule has 1 rings (SSSR count). The first-order valence-corrected chi connectivity index (χ1v) is 5.89. The zero-order chi connectivity index (χ0) is 15.3. The van der Waals surface area contributed by atoms with Crippen molar-refractivity contribution < 1.29 is 27.9 Å². The predicted octanol–water partition coefficient (Wildman–Crippen LogP) is 2.37. The smallest absolute Gasteiger partial charge is 0.393 e. The van der Waals surface area contributed by atoms with Crippen molar-refractivity contribution in [1.29, 1.82) is 0 Å². The van der Waals surface area contributed by atoms with Gasteiger partial charge in [-0.05, 0) is 31.5 Å². The summed E-state index contributed by atoms with van der Waals surface area (Å²) in [6.07, 6.45) is -5.28. The van der Waals surface area contributed by atoms with Crippen LogP contribution in [0.15, 0.2) is 24.3 Å². The molecule has 0 bridgehead atoms.